The molecule has 0 aliphatic carbocycles. The normalized spacial score (nSPS) is 11.5. The Kier molecular flexibility index (Phi) is 9.41. The molecule has 0 aliphatic rings. The number of nitrogens with two attached hydrogens (primary N) is 1. The van der Waals surface area contributed by atoms with Gasteiger partial charge in [-0.2, -0.15) is 0 Å². The van der Waals surface area contributed by atoms with E-state index in [1.807, 2.05) is 6.07 Å². The van der Waals surface area contributed by atoms with E-state index in [-0.39, 0.29) is 47.9 Å². The molecule has 28 heavy (non-hydrogen) atoms. The second-order valence-electron chi connectivity index (χ2n) is 5.93. The van der Waals surface area contributed by atoms with Gasteiger partial charge in [-0.05, 0) is 29.8 Å². The monoisotopic (exact) mass is 521 g/mol. The van der Waals surface area contributed by atoms with Gasteiger partial charge in [-0.3, -0.25) is 4.79 Å². The standard InChI is InChI=1S/C17H23N5O4S.HI/c1-22(2)16(23)12-21-17(20-11-14-4-3-9-26-14)19-10-13-5-7-15(8-6-13)27(18,24)25;/h3-9H,10-12H2,1-2H3,(H2,18,24,25)(H2,19,20,21);1H. The maximum atomic E-state index is 11.8. The third kappa shape index (κ3) is 7.86. The summed E-state index contributed by atoms with van der Waals surface area (Å²) in [6, 6.07) is 9.74. The lowest BCUT2D eigenvalue weighted by atomic mass is 10.2. The zero-order chi connectivity index (χ0) is 19.9. The highest BCUT2D eigenvalue weighted by Crippen LogP contribution is 2.09. The van der Waals surface area contributed by atoms with Gasteiger partial charge >= 0.3 is 0 Å². The Labute approximate surface area is 181 Å². The number of guanidine groups is 1. The van der Waals surface area contributed by atoms with Gasteiger partial charge in [0.1, 0.15) is 5.76 Å². The lowest BCUT2D eigenvalue weighted by molar-refractivity contribution is -0.127. The van der Waals surface area contributed by atoms with E-state index in [1.54, 1.807) is 38.6 Å². The summed E-state index contributed by atoms with van der Waals surface area (Å²) < 4.78 is 27.9. The molecule has 2 rings (SSSR count). The van der Waals surface area contributed by atoms with Crippen LogP contribution in [0.3, 0.4) is 0 Å². The van der Waals surface area contributed by atoms with E-state index in [2.05, 4.69) is 15.6 Å². The van der Waals surface area contributed by atoms with Crippen molar-refractivity contribution < 1.29 is 17.6 Å². The maximum Gasteiger partial charge on any atom is 0.241 e. The van der Waals surface area contributed by atoms with Crippen LogP contribution in [0.1, 0.15) is 11.3 Å². The Balaban J connectivity index is 0.00000392. The zero-order valence-electron chi connectivity index (χ0n) is 15.6. The number of hydrogen-bond acceptors (Lipinski definition) is 5. The fourth-order valence-electron chi connectivity index (χ4n) is 2.03. The highest BCUT2D eigenvalue weighted by molar-refractivity contribution is 14.0. The molecule has 0 fully saturated rings. The molecule has 1 aromatic carbocycles. The number of carbonyl (C=O) groups excluding carboxylic acids is 1. The van der Waals surface area contributed by atoms with Crippen molar-refractivity contribution in [2.24, 2.45) is 10.1 Å². The largest absolute Gasteiger partial charge is 0.467 e. The molecule has 1 heterocycles. The number of furan rings is 1. The molecule has 0 atom stereocenters. The SMILES string of the molecule is CN(C)C(=O)CNC(=NCc1ccc(S(N)(=O)=O)cc1)NCc1ccco1.I. The number of rotatable bonds is 7. The van der Waals surface area contributed by atoms with Crippen molar-refractivity contribution in [3.8, 4) is 0 Å². The minimum absolute atomic E-state index is 0. The fraction of sp³-hybridized carbons (Fsp3) is 0.294. The highest BCUT2D eigenvalue weighted by Gasteiger charge is 2.08. The number of amides is 1. The number of sulfonamides is 1. The number of primary sulfonamides is 1. The van der Waals surface area contributed by atoms with Crippen LogP contribution in [0.4, 0.5) is 0 Å². The Morgan fingerprint density at radius 3 is 2.39 bits per heavy atom. The van der Waals surface area contributed by atoms with Crippen LogP contribution >= 0.6 is 24.0 Å². The predicted molar refractivity (Wildman–Crippen MR) is 117 cm³/mol. The van der Waals surface area contributed by atoms with Crippen LogP contribution < -0.4 is 15.8 Å². The van der Waals surface area contributed by atoms with E-state index in [4.69, 9.17) is 9.56 Å². The lowest BCUT2D eigenvalue weighted by Crippen LogP contribution is -2.42. The van der Waals surface area contributed by atoms with Crippen molar-refractivity contribution in [1.29, 1.82) is 0 Å². The molecular formula is C17H24IN5O4S. The predicted octanol–water partition coefficient (Wildman–Crippen LogP) is 0.869. The first-order valence-corrected chi connectivity index (χ1v) is 9.67. The van der Waals surface area contributed by atoms with Gasteiger partial charge in [-0.25, -0.2) is 18.5 Å². The summed E-state index contributed by atoms with van der Waals surface area (Å²) in [4.78, 5) is 17.7. The topological polar surface area (TPSA) is 130 Å². The van der Waals surface area contributed by atoms with Crippen LogP contribution in [-0.2, 0) is 27.9 Å². The molecule has 0 radical (unpaired) electrons. The molecule has 0 saturated carbocycles. The van der Waals surface area contributed by atoms with E-state index < -0.39 is 10.0 Å². The van der Waals surface area contributed by atoms with Crippen LogP contribution in [0.5, 0.6) is 0 Å². The summed E-state index contributed by atoms with van der Waals surface area (Å²) >= 11 is 0. The molecule has 4 N–H and O–H groups in total. The maximum absolute atomic E-state index is 11.8. The number of benzene rings is 1. The van der Waals surface area contributed by atoms with Gasteiger partial charge in [-0.15, -0.1) is 24.0 Å². The smallest absolute Gasteiger partial charge is 0.241 e. The molecule has 11 heteroatoms. The first-order chi connectivity index (χ1) is 12.8. The quantitative estimate of drug-likeness (QED) is 0.282. The minimum atomic E-state index is -3.72. The zero-order valence-corrected chi connectivity index (χ0v) is 18.7. The number of nitrogens with zero attached hydrogens (tertiary/aromatic N) is 2. The molecule has 1 amide bonds. The Hall–Kier alpha value is -2.12. The van der Waals surface area contributed by atoms with Crippen molar-refractivity contribution >= 4 is 45.9 Å². The van der Waals surface area contributed by atoms with Crippen LogP contribution in [0.15, 0.2) is 57.0 Å². The number of carbonyl (C=O) groups is 1. The molecule has 1 aromatic heterocycles. The second-order valence-corrected chi connectivity index (χ2v) is 7.49. The van der Waals surface area contributed by atoms with Gasteiger partial charge in [0.05, 0.1) is 30.8 Å². The summed E-state index contributed by atoms with van der Waals surface area (Å²) in [7, 11) is -0.382. The van der Waals surface area contributed by atoms with Gasteiger partial charge in [0.25, 0.3) is 0 Å². The lowest BCUT2D eigenvalue weighted by Gasteiger charge is -2.14. The number of nitrogens with one attached hydrogen (secondary N) is 2. The van der Waals surface area contributed by atoms with Crippen LogP contribution in [-0.4, -0.2) is 45.8 Å². The number of likely N-dealkylation sites (N-methyl/N-ethyl adjacent to an activating group) is 1. The average molecular weight is 521 g/mol. The van der Waals surface area contributed by atoms with Crippen molar-refractivity contribution in [3.63, 3.8) is 0 Å². The number of aliphatic imine (C=N–C) groups is 1. The molecule has 0 spiro atoms. The Morgan fingerprint density at radius 2 is 1.86 bits per heavy atom. The van der Waals surface area contributed by atoms with E-state index in [1.165, 1.54) is 17.0 Å². The summed E-state index contributed by atoms with van der Waals surface area (Å²) in [6.45, 7) is 0.773. The fourth-order valence-corrected chi connectivity index (χ4v) is 2.55. The molecule has 0 unspecified atom stereocenters. The van der Waals surface area contributed by atoms with Crippen LogP contribution in [0.25, 0.3) is 0 Å². The van der Waals surface area contributed by atoms with Crippen molar-refractivity contribution in [2.75, 3.05) is 20.6 Å². The first-order valence-electron chi connectivity index (χ1n) is 8.12. The van der Waals surface area contributed by atoms with Gasteiger partial charge < -0.3 is 20.0 Å². The Bertz CT molecular complexity index is 881. The summed E-state index contributed by atoms with van der Waals surface area (Å²) in [5, 5.41) is 11.1. The molecular weight excluding hydrogens is 497 g/mol. The van der Waals surface area contributed by atoms with Crippen LogP contribution in [0.2, 0.25) is 0 Å². The molecule has 0 saturated heterocycles. The van der Waals surface area contributed by atoms with Gasteiger partial charge in [0.2, 0.25) is 15.9 Å². The number of hydrogen-bond donors (Lipinski definition) is 3. The highest BCUT2D eigenvalue weighted by atomic mass is 127. The average Bonchev–Trinajstić information content (AvgIpc) is 3.13. The van der Waals surface area contributed by atoms with Crippen molar-refractivity contribution in [2.45, 2.75) is 18.0 Å². The van der Waals surface area contributed by atoms with E-state index in [9.17, 15) is 13.2 Å². The molecule has 0 bridgehead atoms. The number of halogens is 1. The Morgan fingerprint density at radius 1 is 1.18 bits per heavy atom. The molecule has 2 aromatic rings. The van der Waals surface area contributed by atoms with Gasteiger partial charge in [-0.1, -0.05) is 12.1 Å². The first kappa shape index (κ1) is 23.9. The third-order valence-electron chi connectivity index (χ3n) is 3.59. The third-order valence-corrected chi connectivity index (χ3v) is 4.52. The molecule has 154 valence electrons. The van der Waals surface area contributed by atoms with Gasteiger partial charge in [0.15, 0.2) is 5.96 Å². The summed E-state index contributed by atoms with van der Waals surface area (Å²) in [5.74, 6) is 1.05. The van der Waals surface area contributed by atoms with E-state index in [0.717, 1.165) is 11.3 Å². The molecule has 9 nitrogen and oxygen atoms in total. The van der Waals surface area contributed by atoms with Gasteiger partial charge in [0, 0.05) is 14.1 Å². The van der Waals surface area contributed by atoms with Crippen molar-refractivity contribution in [3.05, 3.63) is 54.0 Å². The molecule has 0 aliphatic heterocycles. The van der Waals surface area contributed by atoms with E-state index >= 15 is 0 Å². The van der Waals surface area contributed by atoms with Crippen LogP contribution in [0, 0.1) is 0 Å². The summed E-state index contributed by atoms with van der Waals surface area (Å²) in [5.41, 5.74) is 0.792. The minimum Gasteiger partial charge on any atom is -0.467 e. The summed E-state index contributed by atoms with van der Waals surface area (Å²) in [6.07, 6.45) is 1.57. The second kappa shape index (κ2) is 11.0. The van der Waals surface area contributed by atoms with Crippen molar-refractivity contribution in [1.82, 2.24) is 15.5 Å². The van der Waals surface area contributed by atoms with E-state index in [0.29, 0.717) is 12.5 Å².